The Labute approximate surface area is 139 Å². The zero-order chi connectivity index (χ0) is 16.2. The number of ether oxygens (including phenoxy) is 2. The molecule has 2 aromatic rings. The van der Waals surface area contributed by atoms with Gasteiger partial charge in [-0.15, -0.1) is 11.8 Å². The van der Waals surface area contributed by atoms with Crippen LogP contribution in [0.25, 0.3) is 0 Å². The molecule has 0 bridgehead atoms. The average Bonchev–Trinajstić information content (AvgIpc) is 2.60. The van der Waals surface area contributed by atoms with E-state index in [0.717, 1.165) is 16.3 Å². The smallest absolute Gasteiger partial charge is 0.326 e. The number of urea groups is 1. The largest absolute Gasteiger partial charge is 0.497 e. The number of thioether (sulfide) groups is 1. The molecule has 1 N–H and O–H groups in total. The van der Waals surface area contributed by atoms with E-state index in [1.807, 2.05) is 24.3 Å². The van der Waals surface area contributed by atoms with Gasteiger partial charge >= 0.3 is 6.03 Å². The van der Waals surface area contributed by atoms with Crippen molar-refractivity contribution in [1.29, 1.82) is 0 Å². The number of nitrogens with one attached hydrogen (secondary N) is 1. The van der Waals surface area contributed by atoms with Crippen molar-refractivity contribution in [1.82, 2.24) is 0 Å². The summed E-state index contributed by atoms with van der Waals surface area (Å²) in [5, 5.41) is 2.92. The summed E-state index contributed by atoms with van der Waals surface area (Å²) in [4.78, 5) is 15.5. The summed E-state index contributed by atoms with van der Waals surface area (Å²) in [5.41, 5.74) is 1.58. The molecule has 0 atom stereocenters. The molecule has 0 spiro atoms. The van der Waals surface area contributed by atoms with Crippen LogP contribution in [0.5, 0.6) is 11.5 Å². The van der Waals surface area contributed by atoms with E-state index in [9.17, 15) is 4.79 Å². The molecule has 6 heteroatoms. The highest BCUT2D eigenvalue weighted by Gasteiger charge is 2.22. The highest BCUT2D eigenvalue weighted by molar-refractivity contribution is 7.99. The van der Waals surface area contributed by atoms with Gasteiger partial charge in [0.25, 0.3) is 0 Å². The number of amides is 2. The van der Waals surface area contributed by atoms with Gasteiger partial charge in [0.1, 0.15) is 11.5 Å². The number of methoxy groups -OCH3 is 2. The molecule has 1 aliphatic heterocycles. The van der Waals surface area contributed by atoms with Crippen molar-refractivity contribution in [2.24, 2.45) is 0 Å². The van der Waals surface area contributed by atoms with Crippen LogP contribution in [0.4, 0.5) is 16.2 Å². The minimum Gasteiger partial charge on any atom is -0.497 e. The van der Waals surface area contributed by atoms with E-state index in [1.54, 1.807) is 49.1 Å². The number of carbonyl (C=O) groups is 1. The van der Waals surface area contributed by atoms with E-state index in [2.05, 4.69) is 5.32 Å². The van der Waals surface area contributed by atoms with Crippen molar-refractivity contribution in [3.63, 3.8) is 0 Å². The van der Waals surface area contributed by atoms with Gasteiger partial charge in [-0.25, -0.2) is 4.79 Å². The Morgan fingerprint density at radius 3 is 2.52 bits per heavy atom. The number of carbonyl (C=O) groups excluding carboxylic acids is 1. The van der Waals surface area contributed by atoms with Gasteiger partial charge in [0.2, 0.25) is 0 Å². The molecule has 0 saturated carbocycles. The van der Waals surface area contributed by atoms with Crippen LogP contribution in [0.1, 0.15) is 0 Å². The van der Waals surface area contributed by atoms with E-state index in [4.69, 9.17) is 9.47 Å². The number of fused-ring (bicyclic) bond motifs is 1. The quantitative estimate of drug-likeness (QED) is 0.929. The summed E-state index contributed by atoms with van der Waals surface area (Å²) in [6.07, 6.45) is 0. The van der Waals surface area contributed by atoms with Crippen LogP contribution in [0.15, 0.2) is 47.4 Å². The van der Waals surface area contributed by atoms with E-state index in [1.165, 1.54) is 0 Å². The maximum Gasteiger partial charge on any atom is 0.326 e. The fourth-order valence-electron chi connectivity index (χ4n) is 2.45. The molecule has 2 aromatic carbocycles. The second-order valence-electron chi connectivity index (χ2n) is 5.00. The molecular formula is C17H18N2O3S. The van der Waals surface area contributed by atoms with Crippen molar-refractivity contribution >= 4 is 29.2 Å². The third kappa shape index (κ3) is 3.37. The normalized spacial score (nSPS) is 13.2. The van der Waals surface area contributed by atoms with E-state index in [0.29, 0.717) is 23.7 Å². The predicted octanol–water partition coefficient (Wildman–Crippen LogP) is 3.85. The second kappa shape index (κ2) is 6.83. The number of nitrogens with zero attached hydrogens (tertiary/aromatic N) is 1. The highest BCUT2D eigenvalue weighted by atomic mass is 32.2. The maximum absolute atomic E-state index is 12.7. The summed E-state index contributed by atoms with van der Waals surface area (Å²) >= 11 is 1.77. The Hall–Kier alpha value is -2.34. The first-order valence-corrected chi connectivity index (χ1v) is 8.23. The van der Waals surface area contributed by atoms with Gasteiger partial charge in [-0.3, -0.25) is 4.90 Å². The lowest BCUT2D eigenvalue weighted by atomic mass is 10.2. The molecule has 2 amide bonds. The van der Waals surface area contributed by atoms with E-state index < -0.39 is 0 Å². The molecule has 1 aliphatic rings. The third-order valence-electron chi connectivity index (χ3n) is 3.58. The number of hydrogen-bond acceptors (Lipinski definition) is 4. The molecule has 0 saturated heterocycles. The lowest BCUT2D eigenvalue weighted by molar-refractivity contribution is 0.257. The van der Waals surface area contributed by atoms with Crippen LogP contribution < -0.4 is 19.7 Å². The molecule has 0 aliphatic carbocycles. The SMILES string of the molecule is COc1cc(NC(=O)N2CCSc3ccccc32)cc(OC)c1. The maximum atomic E-state index is 12.7. The molecule has 0 aromatic heterocycles. The van der Waals surface area contributed by atoms with Gasteiger partial charge < -0.3 is 14.8 Å². The Morgan fingerprint density at radius 1 is 1.13 bits per heavy atom. The van der Waals surface area contributed by atoms with Gasteiger partial charge in [0.15, 0.2) is 0 Å². The van der Waals surface area contributed by atoms with Crippen LogP contribution in [0, 0.1) is 0 Å². The lowest BCUT2D eigenvalue weighted by Crippen LogP contribution is -2.38. The fourth-order valence-corrected chi connectivity index (χ4v) is 3.45. The fraction of sp³-hybridized carbons (Fsp3) is 0.235. The summed E-state index contributed by atoms with van der Waals surface area (Å²) in [6.45, 7) is 0.675. The standard InChI is InChI=1S/C17H18N2O3S/c1-21-13-9-12(10-14(11-13)22-2)18-17(20)19-7-8-23-16-6-4-3-5-15(16)19/h3-6,9-11H,7-8H2,1-2H3,(H,18,20). The minimum atomic E-state index is -0.159. The predicted molar refractivity (Wildman–Crippen MR) is 93.1 cm³/mol. The number of anilines is 2. The third-order valence-corrected chi connectivity index (χ3v) is 4.62. The number of benzene rings is 2. The lowest BCUT2D eigenvalue weighted by Gasteiger charge is -2.29. The Bertz CT molecular complexity index is 698. The first-order chi connectivity index (χ1) is 11.2. The van der Waals surface area contributed by atoms with Crippen molar-refractivity contribution in [2.75, 3.05) is 36.7 Å². The van der Waals surface area contributed by atoms with Crippen molar-refractivity contribution in [3.8, 4) is 11.5 Å². The summed E-state index contributed by atoms with van der Waals surface area (Å²) in [5.74, 6) is 2.15. The summed E-state index contributed by atoms with van der Waals surface area (Å²) in [6, 6.07) is 13.1. The van der Waals surface area contributed by atoms with Crippen LogP contribution in [0.3, 0.4) is 0 Å². The summed E-state index contributed by atoms with van der Waals surface area (Å²) < 4.78 is 10.5. The second-order valence-corrected chi connectivity index (χ2v) is 6.14. The Kier molecular flexibility index (Phi) is 4.62. The Balaban J connectivity index is 1.83. The zero-order valence-electron chi connectivity index (χ0n) is 13.0. The van der Waals surface area contributed by atoms with Crippen LogP contribution in [-0.4, -0.2) is 32.5 Å². The van der Waals surface area contributed by atoms with Crippen LogP contribution in [0.2, 0.25) is 0 Å². The van der Waals surface area contributed by atoms with Gasteiger partial charge in [0.05, 0.1) is 19.9 Å². The topological polar surface area (TPSA) is 50.8 Å². The van der Waals surface area contributed by atoms with Gasteiger partial charge in [-0.05, 0) is 12.1 Å². The molecule has 0 radical (unpaired) electrons. The number of rotatable bonds is 3. The molecule has 120 valence electrons. The van der Waals surface area contributed by atoms with Gasteiger partial charge in [-0.1, -0.05) is 12.1 Å². The molecule has 1 heterocycles. The van der Waals surface area contributed by atoms with Crippen molar-refractivity contribution in [2.45, 2.75) is 4.90 Å². The van der Waals surface area contributed by atoms with Crippen LogP contribution in [-0.2, 0) is 0 Å². The minimum absolute atomic E-state index is 0.159. The average molecular weight is 330 g/mol. The highest BCUT2D eigenvalue weighted by Crippen LogP contribution is 2.35. The zero-order valence-corrected chi connectivity index (χ0v) is 13.9. The number of para-hydroxylation sites is 1. The van der Waals surface area contributed by atoms with Crippen LogP contribution >= 0.6 is 11.8 Å². The van der Waals surface area contributed by atoms with Crippen molar-refractivity contribution in [3.05, 3.63) is 42.5 Å². The monoisotopic (exact) mass is 330 g/mol. The summed E-state index contributed by atoms with van der Waals surface area (Å²) in [7, 11) is 3.16. The molecular weight excluding hydrogens is 312 g/mol. The van der Waals surface area contributed by atoms with E-state index in [-0.39, 0.29) is 6.03 Å². The molecule has 0 fully saturated rings. The van der Waals surface area contributed by atoms with E-state index >= 15 is 0 Å². The van der Waals surface area contributed by atoms with Gasteiger partial charge in [-0.2, -0.15) is 0 Å². The molecule has 5 nitrogen and oxygen atoms in total. The molecule has 3 rings (SSSR count). The van der Waals surface area contributed by atoms with Crippen molar-refractivity contribution < 1.29 is 14.3 Å². The molecule has 0 unspecified atom stereocenters. The first kappa shape index (κ1) is 15.6. The first-order valence-electron chi connectivity index (χ1n) is 7.24. The van der Waals surface area contributed by atoms with Gasteiger partial charge in [0, 0.05) is 41.1 Å². The number of hydrogen-bond donors (Lipinski definition) is 1. The Morgan fingerprint density at radius 2 is 1.83 bits per heavy atom. The molecule has 23 heavy (non-hydrogen) atoms.